The van der Waals surface area contributed by atoms with Crippen molar-refractivity contribution in [1.82, 2.24) is 4.90 Å². The second kappa shape index (κ2) is 9.32. The molecule has 0 aliphatic heterocycles. The monoisotopic (exact) mass is 445 g/mol. The molecule has 164 valence electrons. The topological polar surface area (TPSA) is 125 Å². The Morgan fingerprint density at radius 1 is 1.20 bits per heavy atom. The first-order valence-corrected chi connectivity index (χ1v) is 10.1. The van der Waals surface area contributed by atoms with Crippen molar-refractivity contribution in [3.8, 4) is 11.5 Å². The zero-order valence-corrected chi connectivity index (χ0v) is 17.2. The average Bonchev–Trinajstić information content (AvgIpc) is 2.66. The second-order valence-corrected chi connectivity index (χ2v) is 8.03. The Hall–Kier alpha value is -2.83. The molecule has 0 aliphatic rings. The number of primary sulfonamides is 1. The molecule has 0 saturated carbocycles. The fourth-order valence-electron chi connectivity index (χ4n) is 2.83. The molecule has 0 fully saturated rings. The fourth-order valence-corrected chi connectivity index (χ4v) is 3.35. The molecule has 0 spiro atoms. The number of nitro groups is 1. The van der Waals surface area contributed by atoms with Crippen LogP contribution in [0, 0.1) is 10.1 Å². The molecule has 0 amide bonds. The Balaban J connectivity index is 2.32. The molecule has 30 heavy (non-hydrogen) atoms. The van der Waals surface area contributed by atoms with Gasteiger partial charge in [-0.2, -0.15) is 8.78 Å². The van der Waals surface area contributed by atoms with Gasteiger partial charge in [0, 0.05) is 18.2 Å². The maximum atomic E-state index is 12.6. The lowest BCUT2D eigenvalue weighted by atomic mass is 10.1. The van der Waals surface area contributed by atoms with Crippen molar-refractivity contribution in [2.24, 2.45) is 5.14 Å². The number of rotatable bonds is 9. The Kier molecular flexibility index (Phi) is 7.29. The van der Waals surface area contributed by atoms with Crippen LogP contribution in [0.2, 0.25) is 0 Å². The maximum absolute atomic E-state index is 12.6. The molecular weight excluding hydrogens is 424 g/mol. The van der Waals surface area contributed by atoms with Crippen molar-refractivity contribution in [2.45, 2.75) is 31.0 Å². The van der Waals surface area contributed by atoms with Crippen molar-refractivity contribution >= 4 is 15.7 Å². The lowest BCUT2D eigenvalue weighted by Crippen LogP contribution is -2.22. The van der Waals surface area contributed by atoms with Crippen molar-refractivity contribution in [2.75, 3.05) is 14.2 Å². The van der Waals surface area contributed by atoms with E-state index in [4.69, 9.17) is 9.88 Å². The normalized spacial score (nSPS) is 12.8. The summed E-state index contributed by atoms with van der Waals surface area (Å²) in [5.41, 5.74) is 0.584. The molecule has 0 bridgehead atoms. The fraction of sp³-hybridized carbons (Fsp3) is 0.333. The molecule has 12 heteroatoms. The summed E-state index contributed by atoms with van der Waals surface area (Å²) in [6, 6.07) is 7.85. The second-order valence-electron chi connectivity index (χ2n) is 6.47. The van der Waals surface area contributed by atoms with Crippen LogP contribution in [0.4, 0.5) is 14.5 Å². The highest BCUT2D eigenvalue weighted by Gasteiger charge is 2.24. The summed E-state index contributed by atoms with van der Waals surface area (Å²) in [6.07, 6.45) is 0. The van der Waals surface area contributed by atoms with Gasteiger partial charge in [0.25, 0.3) is 5.69 Å². The Bertz CT molecular complexity index is 1020. The molecule has 9 nitrogen and oxygen atoms in total. The van der Waals surface area contributed by atoms with E-state index in [9.17, 15) is 27.3 Å². The van der Waals surface area contributed by atoms with Crippen molar-refractivity contribution in [1.29, 1.82) is 0 Å². The summed E-state index contributed by atoms with van der Waals surface area (Å²) in [4.78, 5) is 12.5. The summed E-state index contributed by atoms with van der Waals surface area (Å²) in [6.45, 7) is -1.25. The average molecular weight is 445 g/mol. The van der Waals surface area contributed by atoms with Crippen LogP contribution in [-0.2, 0) is 16.6 Å². The highest BCUT2D eigenvalue weighted by molar-refractivity contribution is 7.89. The molecule has 2 aromatic carbocycles. The van der Waals surface area contributed by atoms with Gasteiger partial charge in [-0.25, -0.2) is 13.6 Å². The zero-order valence-electron chi connectivity index (χ0n) is 16.4. The van der Waals surface area contributed by atoms with Gasteiger partial charge >= 0.3 is 6.61 Å². The summed E-state index contributed by atoms with van der Waals surface area (Å²) in [7, 11) is -0.872. The van der Waals surface area contributed by atoms with Gasteiger partial charge < -0.3 is 9.47 Å². The van der Waals surface area contributed by atoms with E-state index >= 15 is 0 Å². The number of nitrogens with two attached hydrogens (primary N) is 1. The largest absolute Gasteiger partial charge is 0.493 e. The lowest BCUT2D eigenvalue weighted by Gasteiger charge is -2.25. The zero-order chi connectivity index (χ0) is 22.6. The summed E-state index contributed by atoms with van der Waals surface area (Å²) >= 11 is 0. The predicted molar refractivity (Wildman–Crippen MR) is 104 cm³/mol. The number of alkyl halides is 2. The Morgan fingerprint density at radius 2 is 1.80 bits per heavy atom. The molecule has 2 aromatic rings. The van der Waals surface area contributed by atoms with Gasteiger partial charge in [0.2, 0.25) is 10.0 Å². The third kappa shape index (κ3) is 5.62. The SMILES string of the molecule is COc1cc(CN(C)C(C)c2ccc(S(N)(=O)=O)cc2)c([N+](=O)[O-])cc1OC(F)F. The molecule has 1 atom stereocenters. The number of halogens is 2. The summed E-state index contributed by atoms with van der Waals surface area (Å²) in [5.74, 6) is -0.494. The van der Waals surface area contributed by atoms with Crippen LogP contribution in [-0.4, -0.2) is 39.0 Å². The number of hydrogen-bond acceptors (Lipinski definition) is 7. The van der Waals surface area contributed by atoms with Gasteiger partial charge in [0.1, 0.15) is 0 Å². The molecule has 0 aliphatic carbocycles. The first-order valence-electron chi connectivity index (χ1n) is 8.57. The first-order chi connectivity index (χ1) is 13.9. The quantitative estimate of drug-likeness (QED) is 0.464. The molecule has 1 unspecified atom stereocenters. The van der Waals surface area contributed by atoms with E-state index in [1.165, 1.54) is 25.3 Å². The van der Waals surface area contributed by atoms with E-state index in [0.29, 0.717) is 0 Å². The number of nitrogens with zero attached hydrogens (tertiary/aromatic N) is 2. The number of hydrogen-bond donors (Lipinski definition) is 1. The molecular formula is C18H21F2N3O6S. The van der Waals surface area contributed by atoms with Crippen molar-refractivity contribution < 1.29 is 31.6 Å². The number of sulfonamides is 1. The van der Waals surface area contributed by atoms with E-state index in [1.54, 1.807) is 24.1 Å². The molecule has 0 aromatic heterocycles. The molecule has 2 rings (SSSR count). The minimum absolute atomic E-state index is 0.0314. The van der Waals surface area contributed by atoms with Crippen LogP contribution >= 0.6 is 0 Å². The predicted octanol–water partition coefficient (Wildman–Crippen LogP) is 3.05. The first kappa shape index (κ1) is 23.4. The van der Waals surface area contributed by atoms with Gasteiger partial charge in [-0.05, 0) is 37.7 Å². The summed E-state index contributed by atoms with van der Waals surface area (Å²) < 4.78 is 57.2. The minimum atomic E-state index is -3.82. The number of nitro benzene ring substituents is 1. The van der Waals surface area contributed by atoms with E-state index in [0.717, 1.165) is 11.6 Å². The van der Waals surface area contributed by atoms with E-state index < -0.39 is 33.0 Å². The molecule has 0 heterocycles. The van der Waals surface area contributed by atoms with Crippen LogP contribution in [0.3, 0.4) is 0 Å². The highest BCUT2D eigenvalue weighted by atomic mass is 32.2. The van der Waals surface area contributed by atoms with Crippen LogP contribution in [0.25, 0.3) is 0 Å². The molecule has 0 saturated heterocycles. The number of methoxy groups -OCH3 is 1. The van der Waals surface area contributed by atoms with Gasteiger partial charge in [-0.3, -0.25) is 15.0 Å². The van der Waals surface area contributed by atoms with Crippen LogP contribution in [0.5, 0.6) is 11.5 Å². The number of ether oxygens (including phenoxy) is 2. The van der Waals surface area contributed by atoms with Gasteiger partial charge in [0.05, 0.1) is 23.0 Å². The standard InChI is InChI=1S/C18H21F2N3O6S/c1-11(12-4-6-14(7-5-12)30(21,26)27)22(2)10-13-8-16(28-3)17(29-18(19)20)9-15(13)23(24)25/h4-9,11,18H,10H2,1-3H3,(H2,21,26,27). The smallest absolute Gasteiger partial charge is 0.387 e. The van der Waals surface area contributed by atoms with E-state index in [1.807, 2.05) is 6.92 Å². The van der Waals surface area contributed by atoms with E-state index in [-0.39, 0.29) is 28.8 Å². The molecule has 2 N–H and O–H groups in total. The molecule has 0 radical (unpaired) electrons. The Labute approximate surface area is 172 Å². The van der Waals surface area contributed by atoms with E-state index in [2.05, 4.69) is 4.74 Å². The van der Waals surface area contributed by atoms with Gasteiger partial charge in [0.15, 0.2) is 11.5 Å². The summed E-state index contributed by atoms with van der Waals surface area (Å²) in [5, 5.41) is 16.5. The Morgan fingerprint density at radius 3 is 2.27 bits per heavy atom. The van der Waals surface area contributed by atoms with Crippen molar-refractivity contribution in [3.05, 3.63) is 57.6 Å². The van der Waals surface area contributed by atoms with Crippen molar-refractivity contribution in [3.63, 3.8) is 0 Å². The third-order valence-corrected chi connectivity index (χ3v) is 5.48. The third-order valence-electron chi connectivity index (χ3n) is 4.55. The number of benzene rings is 2. The van der Waals surface area contributed by atoms with Gasteiger partial charge in [-0.1, -0.05) is 12.1 Å². The van der Waals surface area contributed by atoms with Gasteiger partial charge in [-0.15, -0.1) is 0 Å². The van der Waals surface area contributed by atoms with Crippen LogP contribution in [0.1, 0.15) is 24.1 Å². The maximum Gasteiger partial charge on any atom is 0.387 e. The van der Waals surface area contributed by atoms with Crippen LogP contribution in [0.15, 0.2) is 41.3 Å². The highest BCUT2D eigenvalue weighted by Crippen LogP contribution is 2.37. The lowest BCUT2D eigenvalue weighted by molar-refractivity contribution is -0.385. The van der Waals surface area contributed by atoms with Crippen LogP contribution < -0.4 is 14.6 Å². The minimum Gasteiger partial charge on any atom is -0.493 e.